The second kappa shape index (κ2) is 6.87. The third-order valence-electron chi connectivity index (χ3n) is 1.30. The monoisotopic (exact) mass is 175 g/mol. The van der Waals surface area contributed by atoms with Crippen molar-refractivity contribution in [1.29, 1.82) is 0 Å². The molecule has 5 heteroatoms. The number of hydrogen-bond donors (Lipinski definition) is 3. The SMILES string of the molecule is [CH2]CNC(=O)N(CCO)CCO. The van der Waals surface area contributed by atoms with Gasteiger partial charge < -0.3 is 20.4 Å². The zero-order chi connectivity index (χ0) is 9.40. The van der Waals surface area contributed by atoms with E-state index in [4.69, 9.17) is 10.2 Å². The maximum absolute atomic E-state index is 11.1. The van der Waals surface area contributed by atoms with Crippen LogP contribution >= 0.6 is 0 Å². The van der Waals surface area contributed by atoms with Crippen molar-refractivity contribution in [2.75, 3.05) is 32.8 Å². The summed E-state index contributed by atoms with van der Waals surface area (Å²) in [6.45, 7) is 3.99. The second-order valence-electron chi connectivity index (χ2n) is 2.17. The Kier molecular flexibility index (Phi) is 6.41. The first-order chi connectivity index (χ1) is 5.76. The van der Waals surface area contributed by atoms with E-state index >= 15 is 0 Å². The summed E-state index contributed by atoms with van der Waals surface area (Å²) < 4.78 is 0. The summed E-state index contributed by atoms with van der Waals surface area (Å²) in [6, 6.07) is -0.312. The third-order valence-corrected chi connectivity index (χ3v) is 1.30. The number of aliphatic hydroxyl groups is 2. The molecule has 0 aromatic heterocycles. The Balaban J connectivity index is 3.81. The van der Waals surface area contributed by atoms with Gasteiger partial charge in [-0.25, -0.2) is 4.79 Å². The molecule has 1 radical (unpaired) electrons. The molecule has 0 heterocycles. The zero-order valence-electron chi connectivity index (χ0n) is 6.99. The Morgan fingerprint density at radius 2 is 1.83 bits per heavy atom. The summed E-state index contributed by atoms with van der Waals surface area (Å²) in [5.41, 5.74) is 0. The van der Waals surface area contributed by atoms with Crippen molar-refractivity contribution >= 4 is 6.03 Å². The third kappa shape index (κ3) is 4.15. The van der Waals surface area contributed by atoms with Crippen molar-refractivity contribution in [2.24, 2.45) is 0 Å². The largest absolute Gasteiger partial charge is 0.395 e. The van der Waals surface area contributed by atoms with Gasteiger partial charge in [0.25, 0.3) is 0 Å². The summed E-state index contributed by atoms with van der Waals surface area (Å²) in [4.78, 5) is 12.4. The van der Waals surface area contributed by atoms with E-state index in [2.05, 4.69) is 12.2 Å². The van der Waals surface area contributed by atoms with Crippen molar-refractivity contribution in [1.82, 2.24) is 10.2 Å². The summed E-state index contributed by atoms with van der Waals surface area (Å²) >= 11 is 0. The lowest BCUT2D eigenvalue weighted by atomic mass is 10.5. The molecule has 0 spiro atoms. The van der Waals surface area contributed by atoms with Gasteiger partial charge in [-0.2, -0.15) is 0 Å². The van der Waals surface area contributed by atoms with E-state index in [1.807, 2.05) is 0 Å². The van der Waals surface area contributed by atoms with E-state index in [0.717, 1.165) is 0 Å². The van der Waals surface area contributed by atoms with Crippen LogP contribution in [0.15, 0.2) is 0 Å². The fourth-order valence-corrected chi connectivity index (χ4v) is 0.775. The van der Waals surface area contributed by atoms with Crippen LogP contribution in [0.5, 0.6) is 0 Å². The van der Waals surface area contributed by atoms with Crippen LogP contribution in [-0.2, 0) is 0 Å². The predicted octanol–water partition coefficient (Wildman–Crippen LogP) is -1.18. The van der Waals surface area contributed by atoms with E-state index < -0.39 is 0 Å². The molecule has 0 rings (SSSR count). The highest BCUT2D eigenvalue weighted by Gasteiger charge is 2.09. The van der Waals surface area contributed by atoms with Gasteiger partial charge >= 0.3 is 6.03 Å². The number of nitrogens with zero attached hydrogens (tertiary/aromatic N) is 1. The smallest absolute Gasteiger partial charge is 0.317 e. The summed E-state index contributed by atoms with van der Waals surface area (Å²) in [6.07, 6.45) is 0. The Labute approximate surface area is 72.0 Å². The first kappa shape index (κ1) is 11.2. The van der Waals surface area contributed by atoms with Gasteiger partial charge in [0.1, 0.15) is 0 Å². The molecule has 71 valence electrons. The maximum Gasteiger partial charge on any atom is 0.317 e. The Morgan fingerprint density at radius 3 is 2.17 bits per heavy atom. The molecule has 0 unspecified atom stereocenters. The van der Waals surface area contributed by atoms with Gasteiger partial charge in [-0.05, 0) is 6.92 Å². The molecule has 5 nitrogen and oxygen atoms in total. The average molecular weight is 175 g/mol. The number of carbonyl (C=O) groups is 1. The molecule has 3 N–H and O–H groups in total. The standard InChI is InChI=1S/C7H15N2O3/c1-2-8-7(12)9(3-5-10)4-6-11/h10-11H,1-6H2,(H,8,12). The maximum atomic E-state index is 11.1. The summed E-state index contributed by atoms with van der Waals surface area (Å²) in [5, 5.41) is 19.6. The minimum atomic E-state index is -0.312. The van der Waals surface area contributed by atoms with Gasteiger partial charge in [0.15, 0.2) is 0 Å². The van der Waals surface area contributed by atoms with Crippen LogP contribution in [0.2, 0.25) is 0 Å². The second-order valence-corrected chi connectivity index (χ2v) is 2.17. The Morgan fingerprint density at radius 1 is 1.33 bits per heavy atom. The Hall–Kier alpha value is -0.810. The van der Waals surface area contributed by atoms with Crippen molar-refractivity contribution in [2.45, 2.75) is 0 Å². The van der Waals surface area contributed by atoms with E-state index in [-0.39, 0.29) is 32.3 Å². The molecule has 0 aromatic rings. The first-order valence-electron chi connectivity index (χ1n) is 3.80. The lowest BCUT2D eigenvalue weighted by Gasteiger charge is -2.20. The highest BCUT2D eigenvalue weighted by atomic mass is 16.3. The van der Waals surface area contributed by atoms with Gasteiger partial charge in [0.05, 0.1) is 13.2 Å². The molecule has 0 aliphatic carbocycles. The van der Waals surface area contributed by atoms with Gasteiger partial charge in [0.2, 0.25) is 0 Å². The molecule has 0 fully saturated rings. The van der Waals surface area contributed by atoms with E-state index in [0.29, 0.717) is 6.54 Å². The van der Waals surface area contributed by atoms with Crippen LogP contribution in [0, 0.1) is 6.92 Å². The lowest BCUT2D eigenvalue weighted by Crippen LogP contribution is -2.42. The lowest BCUT2D eigenvalue weighted by molar-refractivity contribution is 0.159. The van der Waals surface area contributed by atoms with Crippen LogP contribution in [0.1, 0.15) is 0 Å². The van der Waals surface area contributed by atoms with Crippen LogP contribution in [0.3, 0.4) is 0 Å². The number of hydrogen-bond acceptors (Lipinski definition) is 3. The minimum Gasteiger partial charge on any atom is -0.395 e. The van der Waals surface area contributed by atoms with E-state index in [1.54, 1.807) is 0 Å². The quantitative estimate of drug-likeness (QED) is 0.492. The van der Waals surface area contributed by atoms with Crippen molar-refractivity contribution in [3.05, 3.63) is 6.92 Å². The number of rotatable bonds is 5. The highest BCUT2D eigenvalue weighted by molar-refractivity contribution is 5.74. The summed E-state index contributed by atoms with van der Waals surface area (Å²) in [5.74, 6) is 0. The minimum absolute atomic E-state index is 0.107. The number of nitrogens with one attached hydrogen (secondary N) is 1. The average Bonchev–Trinajstić information content (AvgIpc) is 2.04. The Bertz CT molecular complexity index is 124. The first-order valence-corrected chi connectivity index (χ1v) is 3.80. The molecule has 0 atom stereocenters. The molecule has 0 bridgehead atoms. The fraction of sp³-hybridized carbons (Fsp3) is 0.714. The normalized spacial score (nSPS) is 9.58. The predicted molar refractivity (Wildman–Crippen MR) is 44.5 cm³/mol. The molecule has 0 saturated carbocycles. The molecular weight excluding hydrogens is 160 g/mol. The van der Waals surface area contributed by atoms with E-state index in [1.165, 1.54) is 4.90 Å². The number of amides is 2. The van der Waals surface area contributed by atoms with Gasteiger partial charge in [-0.3, -0.25) is 0 Å². The van der Waals surface area contributed by atoms with Crippen molar-refractivity contribution in [3.8, 4) is 0 Å². The molecule has 0 aliphatic heterocycles. The molecule has 2 amide bonds. The number of carbonyl (C=O) groups excluding carboxylic acids is 1. The topological polar surface area (TPSA) is 72.8 Å². The van der Waals surface area contributed by atoms with Crippen LogP contribution in [0.25, 0.3) is 0 Å². The van der Waals surface area contributed by atoms with Crippen molar-refractivity contribution in [3.63, 3.8) is 0 Å². The molecule has 0 aromatic carbocycles. The number of urea groups is 1. The summed E-state index contributed by atoms with van der Waals surface area (Å²) in [7, 11) is 0. The highest BCUT2D eigenvalue weighted by Crippen LogP contribution is 1.87. The van der Waals surface area contributed by atoms with Crippen LogP contribution in [0.4, 0.5) is 4.79 Å². The number of aliphatic hydroxyl groups excluding tert-OH is 2. The van der Waals surface area contributed by atoms with Crippen LogP contribution in [-0.4, -0.2) is 54.0 Å². The molecular formula is C7H15N2O3. The molecule has 0 saturated heterocycles. The zero-order valence-corrected chi connectivity index (χ0v) is 6.99. The van der Waals surface area contributed by atoms with E-state index in [9.17, 15) is 4.79 Å². The fourth-order valence-electron chi connectivity index (χ4n) is 0.775. The van der Waals surface area contributed by atoms with Gasteiger partial charge in [-0.15, -0.1) is 0 Å². The molecule has 12 heavy (non-hydrogen) atoms. The van der Waals surface area contributed by atoms with Crippen LogP contribution < -0.4 is 5.32 Å². The van der Waals surface area contributed by atoms with Gasteiger partial charge in [-0.1, -0.05) is 0 Å². The molecule has 0 aliphatic rings. The van der Waals surface area contributed by atoms with Crippen molar-refractivity contribution < 1.29 is 15.0 Å². The van der Waals surface area contributed by atoms with Gasteiger partial charge in [0, 0.05) is 19.6 Å².